The van der Waals surface area contributed by atoms with Gasteiger partial charge in [0.15, 0.2) is 0 Å². The van der Waals surface area contributed by atoms with Crippen LogP contribution in [-0.4, -0.2) is 15.8 Å². The van der Waals surface area contributed by atoms with E-state index in [1.807, 2.05) is 116 Å². The van der Waals surface area contributed by atoms with Crippen LogP contribution < -0.4 is 26.2 Å². The van der Waals surface area contributed by atoms with Gasteiger partial charge < -0.3 is 18.9 Å². The van der Waals surface area contributed by atoms with Gasteiger partial charge in [-0.25, -0.2) is 0 Å². The lowest BCUT2D eigenvalue weighted by atomic mass is 9.33. The normalized spacial score (nSPS) is 16.0. The molecule has 4 nitrogen and oxygen atoms in total. The maximum Gasteiger partial charge on any atom is 0.252 e. The van der Waals surface area contributed by atoms with Gasteiger partial charge in [0.2, 0.25) is 0 Å². The highest BCUT2D eigenvalue weighted by atomic mass is 15.2. The fourth-order valence-electron chi connectivity index (χ4n) is 18.8. The van der Waals surface area contributed by atoms with E-state index in [4.69, 9.17) is 0 Å². The third kappa shape index (κ3) is 16.7. The fraction of sp³-hybridized carbons (Fsp3) is 0.345. The minimum atomic E-state index is -1.99. The molecule has 0 aliphatic carbocycles. The van der Waals surface area contributed by atoms with Crippen molar-refractivity contribution < 1.29 is 21.9 Å². The maximum absolute atomic E-state index is 10.7. The minimum Gasteiger partial charge on any atom is -0.310 e. The molecule has 5 heteroatoms. The monoisotopic (exact) mass is 1650 g/mol. The lowest BCUT2D eigenvalue weighted by molar-refractivity contribution is 0.411. The summed E-state index contributed by atoms with van der Waals surface area (Å²) in [5, 5.41) is 1.30. The van der Waals surface area contributed by atoms with Crippen LogP contribution in [0.15, 0.2) is 255 Å². The molecule has 0 amide bonds. The van der Waals surface area contributed by atoms with Gasteiger partial charge in [0.25, 0.3) is 6.71 Å². The summed E-state index contributed by atoms with van der Waals surface area (Å²) >= 11 is 0. The van der Waals surface area contributed by atoms with E-state index in [0.717, 1.165) is 77.8 Å². The molecule has 0 N–H and O–H groups in total. The van der Waals surface area contributed by atoms with Crippen LogP contribution in [-0.2, 0) is 53.6 Å². The average Bonchev–Trinajstić information content (AvgIpc) is 1.02. The van der Waals surface area contributed by atoms with Crippen LogP contribution >= 0.6 is 0 Å². The second-order valence-corrected chi connectivity index (χ2v) is 44.6. The van der Waals surface area contributed by atoms with E-state index < -0.39 is 105 Å². The highest BCUT2D eigenvalue weighted by Crippen LogP contribution is 2.56. The van der Waals surface area contributed by atoms with Crippen molar-refractivity contribution >= 4 is 101 Å². The minimum absolute atomic E-state index is 0.185. The average molecular weight is 1650 g/mol. The largest absolute Gasteiger partial charge is 0.310 e. The van der Waals surface area contributed by atoms with Gasteiger partial charge in [-0.15, -0.1) is 0 Å². The van der Waals surface area contributed by atoms with Crippen molar-refractivity contribution in [1.82, 2.24) is 9.13 Å². The third-order valence-corrected chi connectivity index (χ3v) is 24.0. The number of nitrogens with zero attached hydrogens (tertiary/aromatic N) is 4. The summed E-state index contributed by atoms with van der Waals surface area (Å²) in [5.41, 5.74) is 16.0. The molecular weight excluding hydrogens is 1500 g/mol. The van der Waals surface area contributed by atoms with E-state index in [0.29, 0.717) is 107 Å². The molecule has 17 rings (SSSR count). The Morgan fingerprint density at radius 3 is 0.895 bits per heavy atom. The van der Waals surface area contributed by atoms with Crippen LogP contribution in [0.1, 0.15) is 259 Å². The SMILES string of the molecule is [2H]c1c([2H])c([2H])c2c(c1[2H])c1cc(C([2H])([2H])C(C)(C)C)ccc1n2-c1ccc2c(c1)N(c1c(-c3cccc(C(C)(C)C)c3)cc(C([2H])([2H])C(C)(C)C)cc1-c1cccc(C(C)(C)C)c1)c1cc(CC(C)(C)C)cc3c1B2c1ccc(-n2c4ccc(C([2H])([2H])C(C)(C)C)cc4c4c([2H])c([2H])c([2H])c([2H])c42)cc1N3c1c(-c2cccc(C(C)(C)C)c2)cc(C([2H])([2H])C(C)(C)C)cc1-c1cccc(C(C)(C)C)c1. The molecule has 2 aromatic heterocycles. The van der Waals surface area contributed by atoms with Crippen molar-refractivity contribution in [2.75, 3.05) is 9.80 Å². The Morgan fingerprint density at radius 2 is 0.589 bits per heavy atom. The smallest absolute Gasteiger partial charge is 0.252 e. The van der Waals surface area contributed by atoms with Crippen molar-refractivity contribution in [3.05, 3.63) is 305 Å². The molecule has 632 valence electrons. The second kappa shape index (κ2) is 30.5. The molecule has 2 aliphatic rings. The number of aromatic nitrogens is 2. The van der Waals surface area contributed by atoms with Crippen molar-refractivity contribution in [2.24, 2.45) is 27.1 Å². The maximum atomic E-state index is 10.7. The van der Waals surface area contributed by atoms with E-state index in [2.05, 4.69) is 271 Å². The summed E-state index contributed by atoms with van der Waals surface area (Å²) in [6, 6.07) is 68.1. The first-order chi connectivity index (χ1) is 64.5. The molecule has 124 heavy (non-hydrogen) atoms. The summed E-state index contributed by atoms with van der Waals surface area (Å²) < 4.78 is 164. The molecule has 0 saturated carbocycles. The van der Waals surface area contributed by atoms with Gasteiger partial charge in [0.1, 0.15) is 0 Å². The fourth-order valence-corrected chi connectivity index (χ4v) is 18.8. The van der Waals surface area contributed by atoms with Crippen molar-refractivity contribution in [3.63, 3.8) is 0 Å². The predicted octanol–water partition coefficient (Wildman–Crippen LogP) is 31.8. The summed E-state index contributed by atoms with van der Waals surface area (Å²) in [6.45, 7) is 55.1. The van der Waals surface area contributed by atoms with Crippen LogP contribution in [0, 0.1) is 27.1 Å². The van der Waals surface area contributed by atoms with Crippen molar-refractivity contribution in [1.29, 1.82) is 0 Å². The Balaban J connectivity index is 1.15. The standard InChI is InChI=1S/C119H133BN4/c1-111(2,3)70-75-48-54-102-96(56-75)90-44-28-30-46-100(90)121(102)88-50-52-98-104(68-88)123(109-92(80-36-32-40-84(64-80)116(16,17)18)58-77(72-113(7,8)9)59-93(109)81-37-33-41-85(65-81)117(19,20)21)106-62-79(74-115(13,14)15)63-107-108(106)120(98)99-53-51-89(122-101-47-31-29-45-91(101)97-57-76(49-55-103(97)122)71-112(4,5)6)69-105(99)124(107)110-94(82-38-34-42-86(66-82)118(22,23)24)60-78(73-114(10,11)12)61-95(110)83-39-35-43-87(67-83)119(25,26)27/h28-69H,70-74H2,1-27H3/i28D,29D,30D,31D,44D,45D,46D,47D,70D2,71D2,72D2,73D2. The van der Waals surface area contributed by atoms with Crippen LogP contribution in [0.5, 0.6) is 0 Å². The summed E-state index contributed by atoms with van der Waals surface area (Å²) in [6.07, 6.45) is -7.34. The van der Waals surface area contributed by atoms with Gasteiger partial charge >= 0.3 is 0 Å². The number of benzene rings is 13. The van der Waals surface area contributed by atoms with E-state index in [-0.39, 0.29) is 46.0 Å². The van der Waals surface area contributed by atoms with Crippen LogP contribution in [0.3, 0.4) is 0 Å². The van der Waals surface area contributed by atoms with Crippen molar-refractivity contribution in [2.45, 2.75) is 241 Å². The first-order valence-corrected chi connectivity index (χ1v) is 44.5. The van der Waals surface area contributed by atoms with Crippen LogP contribution in [0.2, 0.25) is 0 Å². The van der Waals surface area contributed by atoms with Gasteiger partial charge in [-0.3, -0.25) is 0 Å². The number of hydrogen-bond acceptors (Lipinski definition) is 2. The van der Waals surface area contributed by atoms with E-state index in [9.17, 15) is 21.9 Å². The predicted molar refractivity (Wildman–Crippen MR) is 541 cm³/mol. The highest BCUT2D eigenvalue weighted by molar-refractivity contribution is 7.00. The van der Waals surface area contributed by atoms with E-state index >= 15 is 0 Å². The Morgan fingerprint density at radius 1 is 0.274 bits per heavy atom. The molecule has 2 aliphatic heterocycles. The summed E-state index contributed by atoms with van der Waals surface area (Å²) in [4.78, 5) is 4.82. The first kappa shape index (κ1) is 67.5. The number of para-hydroxylation sites is 2. The van der Waals surface area contributed by atoms with Gasteiger partial charge in [-0.2, -0.15) is 0 Å². The molecule has 0 saturated heterocycles. The zero-order valence-electron chi connectivity index (χ0n) is 94.2. The van der Waals surface area contributed by atoms with Gasteiger partial charge in [-0.1, -0.05) is 345 Å². The Labute approximate surface area is 765 Å². The lowest BCUT2D eigenvalue weighted by Gasteiger charge is -2.46. The number of hydrogen-bond donors (Lipinski definition) is 0. The molecule has 0 radical (unpaired) electrons. The summed E-state index contributed by atoms with van der Waals surface area (Å²) in [7, 11) is 0. The molecular formula is C119H133BN4. The Hall–Kier alpha value is -10.9. The number of fused-ring (bicyclic) bond motifs is 10. The molecule has 15 aromatic rings. The molecule has 0 bridgehead atoms. The Kier molecular flexibility index (Phi) is 16.6. The van der Waals surface area contributed by atoms with Gasteiger partial charge in [-0.05, 0) is 266 Å². The van der Waals surface area contributed by atoms with Gasteiger partial charge in [0.05, 0.1) is 44.4 Å². The zero-order valence-corrected chi connectivity index (χ0v) is 78.2. The van der Waals surface area contributed by atoms with E-state index in [1.165, 1.54) is 0 Å². The van der Waals surface area contributed by atoms with Crippen LogP contribution in [0.4, 0.5) is 34.1 Å². The molecule has 13 aromatic carbocycles. The number of anilines is 6. The Bertz CT molecular complexity index is 7060. The number of rotatable bonds is 13. The molecule has 0 atom stereocenters. The second-order valence-electron chi connectivity index (χ2n) is 44.6. The van der Waals surface area contributed by atoms with E-state index in [1.54, 1.807) is 24.3 Å². The molecule has 4 heterocycles. The molecule has 0 unspecified atom stereocenters. The topological polar surface area (TPSA) is 16.3 Å². The quantitative estimate of drug-likeness (QED) is 0.107. The summed E-state index contributed by atoms with van der Waals surface area (Å²) in [5.74, 6) is 0. The third-order valence-electron chi connectivity index (χ3n) is 24.0. The molecule has 0 fully saturated rings. The van der Waals surface area contributed by atoms with Crippen LogP contribution in [0.25, 0.3) is 99.5 Å². The zero-order chi connectivity index (χ0) is 103. The molecule has 0 spiro atoms. The first-order valence-electron chi connectivity index (χ1n) is 52.5. The van der Waals surface area contributed by atoms with Gasteiger partial charge in [0, 0.05) is 88.9 Å². The lowest BCUT2D eigenvalue weighted by Crippen LogP contribution is -2.61. The van der Waals surface area contributed by atoms with Crippen molar-refractivity contribution in [3.8, 4) is 55.9 Å². The highest BCUT2D eigenvalue weighted by Gasteiger charge is 2.47.